The van der Waals surface area contributed by atoms with Crippen LogP contribution >= 0.6 is 23.2 Å². The number of hydrogen-bond donors (Lipinski definition) is 1. The third-order valence-corrected chi connectivity index (χ3v) is 7.03. The third-order valence-electron chi connectivity index (χ3n) is 6.53. The number of allylic oxidation sites excluding steroid dienone is 3. The highest BCUT2D eigenvalue weighted by atomic mass is 35.5. The molecule has 7 nitrogen and oxygen atoms in total. The Kier molecular flexibility index (Phi) is 5.04. The molecule has 1 aliphatic carbocycles. The first-order valence-electron chi connectivity index (χ1n) is 11.0. The number of aromatic nitrogens is 3. The van der Waals surface area contributed by atoms with Crippen molar-refractivity contribution in [2.75, 3.05) is 10.2 Å². The minimum absolute atomic E-state index is 0.0941. The van der Waals surface area contributed by atoms with E-state index in [0.29, 0.717) is 28.8 Å². The Balaban J connectivity index is 1.42. The normalized spacial score (nSPS) is 23.4. The largest absolute Gasteiger partial charge is 0.324 e. The fourth-order valence-electron chi connectivity index (χ4n) is 4.77. The molecule has 1 aromatic heterocycles. The standard InChI is InChI=1S/C25H19Cl2N5O2/c26-16-9-5-14(6-10-16)20-13-21(15-7-11-17(27)12-8-15)32-24(28-20)29-25(30-32)31-22(33)18-3-1-2-4-19(18)23(31)34/h1-2,5-13,18-19,21H,3-4H2,(H,28,29,30)/t18-,19-,21+/m0/s1. The first-order valence-corrected chi connectivity index (χ1v) is 11.7. The van der Waals surface area contributed by atoms with Crippen LogP contribution in [0.15, 0.2) is 66.8 Å². The molecule has 2 aromatic carbocycles. The number of nitrogens with zero attached hydrogens (tertiary/aromatic N) is 4. The van der Waals surface area contributed by atoms with E-state index in [4.69, 9.17) is 23.2 Å². The van der Waals surface area contributed by atoms with E-state index in [1.54, 1.807) is 4.68 Å². The lowest BCUT2D eigenvalue weighted by atomic mass is 9.85. The summed E-state index contributed by atoms with van der Waals surface area (Å²) < 4.78 is 1.69. The first kappa shape index (κ1) is 21.1. The van der Waals surface area contributed by atoms with E-state index >= 15 is 0 Å². The first-order chi connectivity index (χ1) is 16.5. The van der Waals surface area contributed by atoms with Gasteiger partial charge in [0.1, 0.15) is 6.04 Å². The lowest BCUT2D eigenvalue weighted by Gasteiger charge is -2.24. The Morgan fingerprint density at radius 1 is 0.853 bits per heavy atom. The minimum atomic E-state index is -0.346. The van der Waals surface area contributed by atoms with E-state index in [-0.39, 0.29) is 35.6 Å². The monoisotopic (exact) mass is 491 g/mol. The van der Waals surface area contributed by atoms with Gasteiger partial charge in [-0.3, -0.25) is 9.59 Å². The average Bonchev–Trinajstić information content (AvgIpc) is 3.38. The number of carbonyl (C=O) groups is 2. The van der Waals surface area contributed by atoms with Gasteiger partial charge in [0.2, 0.25) is 17.8 Å². The lowest BCUT2D eigenvalue weighted by Crippen LogP contribution is -2.32. The van der Waals surface area contributed by atoms with Crippen molar-refractivity contribution in [1.29, 1.82) is 0 Å². The van der Waals surface area contributed by atoms with E-state index in [2.05, 4.69) is 15.4 Å². The number of amides is 2. The van der Waals surface area contributed by atoms with Crippen LogP contribution in [-0.4, -0.2) is 26.6 Å². The number of nitrogens with one attached hydrogen (secondary N) is 1. The van der Waals surface area contributed by atoms with E-state index in [9.17, 15) is 9.59 Å². The highest BCUT2D eigenvalue weighted by Crippen LogP contribution is 2.39. The van der Waals surface area contributed by atoms with Crippen LogP contribution in [0.2, 0.25) is 10.0 Å². The molecule has 9 heteroatoms. The van der Waals surface area contributed by atoms with Crippen molar-refractivity contribution in [3.05, 3.63) is 87.9 Å². The van der Waals surface area contributed by atoms with Gasteiger partial charge in [0.25, 0.3) is 5.95 Å². The Hall–Kier alpha value is -3.42. The van der Waals surface area contributed by atoms with Crippen LogP contribution in [0, 0.1) is 11.8 Å². The molecule has 0 bridgehead atoms. The van der Waals surface area contributed by atoms with Gasteiger partial charge in [-0.05, 0) is 54.3 Å². The maximum absolute atomic E-state index is 13.1. The van der Waals surface area contributed by atoms with Crippen molar-refractivity contribution in [2.24, 2.45) is 11.8 Å². The topological polar surface area (TPSA) is 80.1 Å². The summed E-state index contributed by atoms with van der Waals surface area (Å²) in [6.07, 6.45) is 7.07. The summed E-state index contributed by atoms with van der Waals surface area (Å²) in [5.74, 6) is -0.637. The molecular weight excluding hydrogens is 473 g/mol. The molecule has 1 fully saturated rings. The molecule has 3 atom stereocenters. The summed E-state index contributed by atoms with van der Waals surface area (Å²) in [6.45, 7) is 0. The molecule has 0 spiro atoms. The van der Waals surface area contributed by atoms with Crippen LogP contribution in [-0.2, 0) is 9.59 Å². The molecule has 34 heavy (non-hydrogen) atoms. The van der Waals surface area contributed by atoms with Crippen molar-refractivity contribution in [2.45, 2.75) is 18.9 Å². The van der Waals surface area contributed by atoms with Crippen LogP contribution in [0.1, 0.15) is 30.0 Å². The summed E-state index contributed by atoms with van der Waals surface area (Å²) in [5, 5.41) is 9.19. The Morgan fingerprint density at radius 3 is 2.06 bits per heavy atom. The predicted molar refractivity (Wildman–Crippen MR) is 131 cm³/mol. The number of hydrogen-bond acceptors (Lipinski definition) is 5. The zero-order valence-corrected chi connectivity index (χ0v) is 19.4. The molecule has 0 saturated carbocycles. The number of rotatable bonds is 3. The van der Waals surface area contributed by atoms with Gasteiger partial charge in [-0.15, -0.1) is 5.10 Å². The van der Waals surface area contributed by atoms with Gasteiger partial charge in [0.05, 0.1) is 11.8 Å². The molecule has 2 aliphatic heterocycles. The summed E-state index contributed by atoms with van der Waals surface area (Å²) >= 11 is 12.2. The van der Waals surface area contributed by atoms with Gasteiger partial charge >= 0.3 is 0 Å². The van der Waals surface area contributed by atoms with Crippen molar-refractivity contribution in [1.82, 2.24) is 14.8 Å². The van der Waals surface area contributed by atoms with E-state index in [0.717, 1.165) is 21.7 Å². The summed E-state index contributed by atoms with van der Waals surface area (Å²) in [6, 6.07) is 14.6. The summed E-state index contributed by atoms with van der Waals surface area (Å²) in [4.78, 5) is 31.9. The summed E-state index contributed by atoms with van der Waals surface area (Å²) in [5.41, 5.74) is 2.68. The predicted octanol–water partition coefficient (Wildman–Crippen LogP) is 5.10. The Labute approximate surface area is 205 Å². The second-order valence-electron chi connectivity index (χ2n) is 8.56. The molecule has 6 rings (SSSR count). The lowest BCUT2D eigenvalue weighted by molar-refractivity contribution is -0.122. The van der Waals surface area contributed by atoms with Crippen molar-refractivity contribution in [3.63, 3.8) is 0 Å². The molecule has 3 aliphatic rings. The third kappa shape index (κ3) is 3.43. The van der Waals surface area contributed by atoms with Gasteiger partial charge in [0.15, 0.2) is 0 Å². The van der Waals surface area contributed by atoms with Crippen LogP contribution in [0.4, 0.5) is 11.9 Å². The zero-order chi connectivity index (χ0) is 23.4. The molecule has 0 unspecified atom stereocenters. The van der Waals surface area contributed by atoms with E-state index in [1.165, 1.54) is 0 Å². The number of fused-ring (bicyclic) bond motifs is 2. The van der Waals surface area contributed by atoms with Gasteiger partial charge < -0.3 is 5.32 Å². The van der Waals surface area contributed by atoms with E-state index < -0.39 is 0 Å². The van der Waals surface area contributed by atoms with Gasteiger partial charge in [-0.2, -0.15) is 4.98 Å². The number of anilines is 2. The van der Waals surface area contributed by atoms with Gasteiger partial charge in [0, 0.05) is 15.7 Å². The fraction of sp³-hybridized carbons (Fsp3) is 0.200. The van der Waals surface area contributed by atoms with Crippen molar-refractivity contribution >= 4 is 52.6 Å². The maximum Gasteiger partial charge on any atom is 0.260 e. The maximum atomic E-state index is 13.1. The molecule has 2 amide bonds. The molecule has 1 N–H and O–H groups in total. The zero-order valence-electron chi connectivity index (χ0n) is 17.9. The SMILES string of the molecule is O=C1[C@H]2CC=CC[C@@H]2C(=O)N1c1nc2n(n1)[C@@H](c1ccc(Cl)cc1)C=C(c1ccc(Cl)cc1)N2. The Morgan fingerprint density at radius 2 is 1.44 bits per heavy atom. The van der Waals surface area contributed by atoms with E-state index in [1.807, 2.05) is 66.8 Å². The van der Waals surface area contributed by atoms with Crippen LogP contribution in [0.25, 0.3) is 5.70 Å². The molecule has 3 heterocycles. The quantitative estimate of drug-likeness (QED) is 0.407. The van der Waals surface area contributed by atoms with Crippen molar-refractivity contribution < 1.29 is 9.59 Å². The molecule has 170 valence electrons. The average molecular weight is 492 g/mol. The number of carbonyl (C=O) groups excluding carboxylic acids is 2. The molecule has 1 saturated heterocycles. The van der Waals surface area contributed by atoms with Crippen LogP contribution in [0.3, 0.4) is 0 Å². The fourth-order valence-corrected chi connectivity index (χ4v) is 5.02. The number of benzene rings is 2. The van der Waals surface area contributed by atoms with Gasteiger partial charge in [-0.1, -0.05) is 59.6 Å². The second kappa shape index (κ2) is 8.11. The minimum Gasteiger partial charge on any atom is -0.324 e. The molecule has 3 aromatic rings. The Bertz CT molecular complexity index is 1330. The smallest absolute Gasteiger partial charge is 0.260 e. The van der Waals surface area contributed by atoms with Crippen LogP contribution in [0.5, 0.6) is 0 Å². The number of imide groups is 1. The summed E-state index contributed by atoms with van der Waals surface area (Å²) in [7, 11) is 0. The van der Waals surface area contributed by atoms with Crippen LogP contribution < -0.4 is 10.2 Å². The number of halogens is 2. The van der Waals surface area contributed by atoms with Gasteiger partial charge in [-0.25, -0.2) is 9.58 Å². The highest BCUT2D eigenvalue weighted by Gasteiger charge is 2.49. The molecule has 0 radical (unpaired) electrons. The van der Waals surface area contributed by atoms with Crippen molar-refractivity contribution in [3.8, 4) is 0 Å². The molecular formula is C25H19Cl2N5O2. The second-order valence-corrected chi connectivity index (χ2v) is 9.43. The highest BCUT2D eigenvalue weighted by molar-refractivity contribution is 6.30.